The second-order valence-corrected chi connectivity index (χ2v) is 7.19. The zero-order valence-corrected chi connectivity index (χ0v) is 19.5. The summed E-state index contributed by atoms with van der Waals surface area (Å²) in [6.07, 6.45) is 9.74. The van der Waals surface area contributed by atoms with Crippen LogP contribution < -0.4 is 4.90 Å². The lowest BCUT2D eigenvalue weighted by Crippen LogP contribution is -2.18. The zero-order chi connectivity index (χ0) is 22.8. The molecule has 1 aliphatic rings. The lowest BCUT2D eigenvalue weighted by molar-refractivity contribution is 1.09. The maximum absolute atomic E-state index is 3.10. The number of hydrogen-bond donors (Lipinski definition) is 0. The summed E-state index contributed by atoms with van der Waals surface area (Å²) in [6, 6.07) is 27.8. The summed E-state index contributed by atoms with van der Waals surface area (Å²) in [5, 5.41) is 0. The third kappa shape index (κ3) is 5.29. The van der Waals surface area contributed by atoms with Crippen molar-refractivity contribution in [3.8, 4) is 23.0 Å². The average molecular weight is 418 g/mol. The summed E-state index contributed by atoms with van der Waals surface area (Å²) >= 11 is 0. The fourth-order valence-electron chi connectivity index (χ4n) is 3.61. The van der Waals surface area contributed by atoms with Crippen molar-refractivity contribution in [1.82, 2.24) is 0 Å². The number of hydrogen-bond acceptors (Lipinski definition) is 1. The molecule has 0 atom stereocenters. The molecule has 4 rings (SSSR count). The summed E-state index contributed by atoms with van der Waals surface area (Å²) in [4.78, 5) is 2.34. The molecule has 0 bridgehead atoms. The minimum atomic E-state index is 1.01. The second-order valence-electron chi connectivity index (χ2n) is 7.19. The van der Waals surface area contributed by atoms with Gasteiger partial charge in [0, 0.05) is 22.6 Å². The molecule has 160 valence electrons. The molecule has 1 nitrogen and oxygen atoms in total. The second kappa shape index (κ2) is 11.6. The van der Waals surface area contributed by atoms with E-state index in [0.717, 1.165) is 23.4 Å². The highest BCUT2D eigenvalue weighted by Crippen LogP contribution is 2.35. The molecule has 0 unspecified atom stereocenters. The van der Waals surface area contributed by atoms with Crippen LogP contribution in [-0.2, 0) is 0 Å². The molecular weight excluding hydrogens is 386 g/mol. The van der Waals surface area contributed by atoms with E-state index in [4.69, 9.17) is 0 Å². The fourth-order valence-corrected chi connectivity index (χ4v) is 3.61. The Morgan fingerprint density at radius 1 is 0.812 bits per heavy atom. The topological polar surface area (TPSA) is 3.24 Å². The van der Waals surface area contributed by atoms with Crippen molar-refractivity contribution >= 4 is 11.4 Å². The normalized spacial score (nSPS) is 13.4. The smallest absolute Gasteiger partial charge is 0.0493 e. The molecule has 0 aromatic heterocycles. The Morgan fingerprint density at radius 2 is 1.38 bits per heavy atom. The Balaban J connectivity index is 0.00000141. The third-order valence-corrected chi connectivity index (χ3v) is 5.18. The minimum absolute atomic E-state index is 1.01. The number of allylic oxidation sites excluding steroid dienone is 5. The van der Waals surface area contributed by atoms with Crippen LogP contribution in [0.25, 0.3) is 11.1 Å². The van der Waals surface area contributed by atoms with E-state index in [1.807, 2.05) is 20.8 Å². The molecule has 3 aromatic carbocycles. The third-order valence-electron chi connectivity index (χ3n) is 5.18. The molecule has 0 aliphatic heterocycles. The van der Waals surface area contributed by atoms with E-state index < -0.39 is 0 Å². The Kier molecular flexibility index (Phi) is 8.29. The van der Waals surface area contributed by atoms with Gasteiger partial charge >= 0.3 is 0 Å². The van der Waals surface area contributed by atoms with Gasteiger partial charge in [0.25, 0.3) is 0 Å². The number of anilines is 2. The number of rotatable bonds is 5. The number of para-hydroxylation sites is 1. The predicted molar refractivity (Wildman–Crippen MR) is 140 cm³/mol. The van der Waals surface area contributed by atoms with E-state index in [1.165, 1.54) is 22.4 Å². The van der Waals surface area contributed by atoms with Gasteiger partial charge in [-0.1, -0.05) is 80.5 Å². The van der Waals surface area contributed by atoms with Crippen LogP contribution >= 0.6 is 0 Å². The van der Waals surface area contributed by atoms with Crippen LogP contribution in [0.2, 0.25) is 0 Å². The Bertz CT molecular complexity index is 1150. The highest BCUT2D eigenvalue weighted by molar-refractivity contribution is 5.75. The first kappa shape index (κ1) is 22.9. The Morgan fingerprint density at radius 3 is 1.88 bits per heavy atom. The van der Waals surface area contributed by atoms with Crippen molar-refractivity contribution in [3.63, 3.8) is 0 Å². The van der Waals surface area contributed by atoms with E-state index >= 15 is 0 Å². The predicted octanol–water partition coefficient (Wildman–Crippen LogP) is 8.68. The standard InChI is InChI=1S/C29H25N.C2H6/c1-3-9-23-15-17-24(18-16-23)25-19-21-28(22-20-25)30(27-13-6-5-7-14-27)29(10-4-2)26-11-8-12-26;1-2/h4-8,10-11,13-22H,12H2,1-2H3;1-2H3/b10-4-,29-26-;. The van der Waals surface area contributed by atoms with Crippen LogP contribution in [0.3, 0.4) is 0 Å². The maximum Gasteiger partial charge on any atom is 0.0493 e. The molecule has 0 N–H and O–H groups in total. The van der Waals surface area contributed by atoms with Gasteiger partial charge < -0.3 is 4.90 Å². The quantitative estimate of drug-likeness (QED) is 0.375. The van der Waals surface area contributed by atoms with Crippen LogP contribution in [-0.4, -0.2) is 0 Å². The van der Waals surface area contributed by atoms with E-state index in [0.29, 0.717) is 0 Å². The van der Waals surface area contributed by atoms with Crippen LogP contribution in [0.5, 0.6) is 0 Å². The highest BCUT2D eigenvalue weighted by Gasteiger charge is 2.17. The van der Waals surface area contributed by atoms with Crippen molar-refractivity contribution in [2.24, 2.45) is 0 Å². The van der Waals surface area contributed by atoms with Gasteiger partial charge in [0.1, 0.15) is 0 Å². The molecule has 1 aliphatic carbocycles. The van der Waals surface area contributed by atoms with Gasteiger partial charge in [-0.3, -0.25) is 0 Å². The van der Waals surface area contributed by atoms with E-state index in [9.17, 15) is 0 Å². The minimum Gasteiger partial charge on any atom is -0.310 e. The number of benzene rings is 3. The molecule has 0 amide bonds. The molecule has 1 heteroatoms. The summed E-state index contributed by atoms with van der Waals surface area (Å²) in [7, 11) is 0. The van der Waals surface area contributed by atoms with Gasteiger partial charge in [0.05, 0.1) is 0 Å². The first-order chi connectivity index (χ1) is 15.8. The monoisotopic (exact) mass is 417 g/mol. The van der Waals surface area contributed by atoms with Crippen molar-refractivity contribution < 1.29 is 0 Å². The largest absolute Gasteiger partial charge is 0.310 e. The molecule has 3 aromatic rings. The van der Waals surface area contributed by atoms with Crippen molar-refractivity contribution in [3.05, 3.63) is 120 Å². The summed E-state index contributed by atoms with van der Waals surface area (Å²) in [5.74, 6) is 6.05. The Hall–Kier alpha value is -3.76. The lowest BCUT2D eigenvalue weighted by Gasteiger charge is -2.29. The van der Waals surface area contributed by atoms with E-state index in [2.05, 4.69) is 127 Å². The van der Waals surface area contributed by atoms with Crippen LogP contribution in [0.4, 0.5) is 11.4 Å². The molecule has 0 saturated carbocycles. The van der Waals surface area contributed by atoms with Crippen LogP contribution in [0.1, 0.15) is 39.7 Å². The molecule has 0 spiro atoms. The van der Waals surface area contributed by atoms with Crippen molar-refractivity contribution in [2.75, 3.05) is 4.90 Å². The average Bonchev–Trinajstić information content (AvgIpc) is 2.82. The summed E-state index contributed by atoms with van der Waals surface area (Å²) < 4.78 is 0. The van der Waals surface area contributed by atoms with E-state index in [1.54, 1.807) is 0 Å². The summed E-state index contributed by atoms with van der Waals surface area (Å²) in [5.41, 5.74) is 8.34. The van der Waals surface area contributed by atoms with Crippen LogP contribution in [0, 0.1) is 11.8 Å². The molecular formula is C31H31N. The van der Waals surface area contributed by atoms with Gasteiger partial charge in [0.15, 0.2) is 0 Å². The van der Waals surface area contributed by atoms with E-state index in [-0.39, 0.29) is 0 Å². The first-order valence-corrected chi connectivity index (χ1v) is 11.3. The van der Waals surface area contributed by atoms with Crippen molar-refractivity contribution in [2.45, 2.75) is 34.1 Å². The van der Waals surface area contributed by atoms with Crippen LogP contribution in [0.15, 0.2) is 114 Å². The van der Waals surface area contributed by atoms with Gasteiger partial charge in [-0.2, -0.15) is 0 Å². The molecule has 0 heterocycles. The van der Waals surface area contributed by atoms with Gasteiger partial charge in [-0.05, 0) is 79.4 Å². The molecule has 0 radical (unpaired) electrons. The SMILES string of the molecule is CC.CC#Cc1ccc(-c2ccc(N(C(/C=C\C)=C3/C=CC3)c3ccccc3)cc2)cc1. The first-order valence-electron chi connectivity index (χ1n) is 11.3. The Labute approximate surface area is 193 Å². The number of nitrogens with zero attached hydrogens (tertiary/aromatic N) is 1. The molecule has 0 fully saturated rings. The molecule has 32 heavy (non-hydrogen) atoms. The lowest BCUT2D eigenvalue weighted by atomic mass is 9.98. The fraction of sp³-hybridized carbons (Fsp3) is 0.161. The molecule has 0 saturated heterocycles. The van der Waals surface area contributed by atoms with Crippen molar-refractivity contribution in [1.29, 1.82) is 0 Å². The maximum atomic E-state index is 3.10. The summed E-state index contributed by atoms with van der Waals surface area (Å²) in [6.45, 7) is 7.93. The highest BCUT2D eigenvalue weighted by atomic mass is 15.1. The zero-order valence-electron chi connectivity index (χ0n) is 19.5. The van der Waals surface area contributed by atoms with Gasteiger partial charge in [-0.15, -0.1) is 5.92 Å². The van der Waals surface area contributed by atoms with Gasteiger partial charge in [0.2, 0.25) is 0 Å². The van der Waals surface area contributed by atoms with Gasteiger partial charge in [-0.25, -0.2) is 0 Å².